The fourth-order valence-electron chi connectivity index (χ4n) is 2.16. The van der Waals surface area contributed by atoms with Gasteiger partial charge in [-0.25, -0.2) is 0 Å². The molecule has 1 amide bonds. The smallest absolute Gasteiger partial charge is 0.309 e. The van der Waals surface area contributed by atoms with Gasteiger partial charge in [-0.05, 0) is 38.8 Å². The molecule has 0 radical (unpaired) electrons. The second-order valence-electron chi connectivity index (χ2n) is 5.50. The molecule has 1 fully saturated rings. The number of ether oxygens (including phenoxy) is 1. The maximum atomic E-state index is 11.7. The summed E-state index contributed by atoms with van der Waals surface area (Å²) in [6.45, 7) is 9.15. The Morgan fingerprint density at radius 3 is 2.47 bits per heavy atom. The highest BCUT2D eigenvalue weighted by molar-refractivity contribution is 5.78. The van der Waals surface area contributed by atoms with Crippen LogP contribution in [0.15, 0.2) is 0 Å². The highest BCUT2D eigenvalue weighted by atomic mass is 16.5. The van der Waals surface area contributed by atoms with Gasteiger partial charge in [-0.1, -0.05) is 13.8 Å². The van der Waals surface area contributed by atoms with Crippen molar-refractivity contribution in [2.75, 3.05) is 32.8 Å². The van der Waals surface area contributed by atoms with E-state index in [2.05, 4.69) is 24.1 Å². The van der Waals surface area contributed by atoms with Crippen LogP contribution in [0.3, 0.4) is 0 Å². The molecule has 1 aliphatic rings. The molecule has 1 heterocycles. The van der Waals surface area contributed by atoms with E-state index in [1.807, 2.05) is 6.92 Å². The molecule has 0 aromatic carbocycles. The number of carbonyl (C=O) groups is 2. The molecule has 5 nitrogen and oxygen atoms in total. The summed E-state index contributed by atoms with van der Waals surface area (Å²) in [5.41, 5.74) is 0. The molecule has 0 aliphatic carbocycles. The van der Waals surface area contributed by atoms with E-state index in [-0.39, 0.29) is 17.8 Å². The Hall–Kier alpha value is -1.10. The zero-order valence-electron chi connectivity index (χ0n) is 12.3. The van der Waals surface area contributed by atoms with Gasteiger partial charge in [0.15, 0.2) is 0 Å². The van der Waals surface area contributed by atoms with Crippen LogP contribution in [0, 0.1) is 11.8 Å². The van der Waals surface area contributed by atoms with Gasteiger partial charge in [0.1, 0.15) is 0 Å². The molecule has 0 saturated carbocycles. The summed E-state index contributed by atoms with van der Waals surface area (Å²) < 4.78 is 5.03. The Morgan fingerprint density at radius 1 is 1.32 bits per heavy atom. The van der Waals surface area contributed by atoms with Crippen molar-refractivity contribution in [1.29, 1.82) is 0 Å². The highest BCUT2D eigenvalue weighted by Crippen LogP contribution is 2.18. The summed E-state index contributed by atoms with van der Waals surface area (Å²) in [4.78, 5) is 25.4. The lowest BCUT2D eigenvalue weighted by Gasteiger charge is -2.30. The van der Waals surface area contributed by atoms with Crippen molar-refractivity contribution in [2.45, 2.75) is 33.6 Å². The van der Waals surface area contributed by atoms with Crippen LogP contribution < -0.4 is 5.32 Å². The molecular weight excluding hydrogens is 244 g/mol. The topological polar surface area (TPSA) is 58.6 Å². The van der Waals surface area contributed by atoms with Crippen molar-refractivity contribution in [2.24, 2.45) is 11.8 Å². The molecule has 110 valence electrons. The number of rotatable bonds is 6. The van der Waals surface area contributed by atoms with E-state index in [1.54, 1.807) is 0 Å². The molecule has 1 N–H and O–H groups in total. The number of esters is 1. The van der Waals surface area contributed by atoms with Crippen LogP contribution in [0.2, 0.25) is 0 Å². The molecule has 0 atom stereocenters. The number of piperidine rings is 1. The second kappa shape index (κ2) is 8.15. The first kappa shape index (κ1) is 16.0. The first-order chi connectivity index (χ1) is 9.02. The Labute approximate surface area is 115 Å². The number of nitrogens with zero attached hydrogens (tertiary/aromatic N) is 1. The summed E-state index contributed by atoms with van der Waals surface area (Å²) in [5, 5.41) is 2.91. The zero-order valence-corrected chi connectivity index (χ0v) is 12.3. The van der Waals surface area contributed by atoms with Crippen molar-refractivity contribution in [3.8, 4) is 0 Å². The van der Waals surface area contributed by atoms with Crippen LogP contribution in [0.25, 0.3) is 0 Å². The van der Waals surface area contributed by atoms with E-state index in [4.69, 9.17) is 4.74 Å². The van der Waals surface area contributed by atoms with Crippen molar-refractivity contribution in [1.82, 2.24) is 10.2 Å². The molecule has 0 bridgehead atoms. The molecule has 1 aliphatic heterocycles. The summed E-state index contributed by atoms with van der Waals surface area (Å²) in [6.07, 6.45) is 1.58. The van der Waals surface area contributed by atoms with E-state index in [0.29, 0.717) is 19.1 Å². The molecule has 19 heavy (non-hydrogen) atoms. The first-order valence-corrected chi connectivity index (χ1v) is 7.18. The van der Waals surface area contributed by atoms with E-state index in [1.165, 1.54) is 0 Å². The van der Waals surface area contributed by atoms with Gasteiger partial charge >= 0.3 is 5.97 Å². The Balaban J connectivity index is 2.22. The molecule has 0 aromatic heterocycles. The molecular formula is C14H26N2O3. The number of carbonyl (C=O) groups excluding carboxylic acids is 2. The summed E-state index contributed by atoms with van der Waals surface area (Å²) in [7, 11) is 0. The molecule has 0 aromatic rings. The number of amides is 1. The summed E-state index contributed by atoms with van der Waals surface area (Å²) in [5.74, 6) is 0.461. The minimum absolute atomic E-state index is 0.00919. The van der Waals surface area contributed by atoms with Gasteiger partial charge in [0.25, 0.3) is 0 Å². The predicted molar refractivity (Wildman–Crippen MR) is 73.6 cm³/mol. The normalized spacial score (nSPS) is 17.5. The van der Waals surface area contributed by atoms with Gasteiger partial charge in [-0.2, -0.15) is 0 Å². The average Bonchev–Trinajstić information content (AvgIpc) is 2.37. The lowest BCUT2D eigenvalue weighted by atomic mass is 9.97. The first-order valence-electron chi connectivity index (χ1n) is 7.18. The minimum Gasteiger partial charge on any atom is -0.466 e. The third-order valence-corrected chi connectivity index (χ3v) is 3.28. The van der Waals surface area contributed by atoms with Crippen LogP contribution in [-0.4, -0.2) is 49.6 Å². The molecule has 0 unspecified atom stereocenters. The van der Waals surface area contributed by atoms with Gasteiger partial charge in [0, 0.05) is 6.54 Å². The summed E-state index contributed by atoms with van der Waals surface area (Å²) in [6, 6.07) is 0. The van der Waals surface area contributed by atoms with Crippen LogP contribution in [-0.2, 0) is 14.3 Å². The standard InChI is InChI=1S/C14H26N2O3/c1-4-19-14(18)12-5-7-16(8-6-12)10-13(17)15-9-11(2)3/h11-12H,4-10H2,1-3H3,(H,15,17). The molecule has 5 heteroatoms. The van der Waals surface area contributed by atoms with Gasteiger partial charge in [0.05, 0.1) is 19.1 Å². The minimum atomic E-state index is -0.0913. The Morgan fingerprint density at radius 2 is 1.95 bits per heavy atom. The molecule has 1 saturated heterocycles. The van der Waals surface area contributed by atoms with E-state index >= 15 is 0 Å². The van der Waals surface area contributed by atoms with Gasteiger partial charge in [-0.3, -0.25) is 14.5 Å². The van der Waals surface area contributed by atoms with Crippen molar-refractivity contribution < 1.29 is 14.3 Å². The average molecular weight is 270 g/mol. The second-order valence-corrected chi connectivity index (χ2v) is 5.50. The third kappa shape index (κ3) is 6.05. The Bertz CT molecular complexity index is 297. The van der Waals surface area contributed by atoms with Crippen molar-refractivity contribution in [3.05, 3.63) is 0 Å². The quantitative estimate of drug-likeness (QED) is 0.733. The van der Waals surface area contributed by atoms with Gasteiger partial charge in [0.2, 0.25) is 5.91 Å². The largest absolute Gasteiger partial charge is 0.466 e. The van der Waals surface area contributed by atoms with Gasteiger partial charge < -0.3 is 10.1 Å². The summed E-state index contributed by atoms with van der Waals surface area (Å²) >= 11 is 0. The van der Waals surface area contributed by atoms with Crippen molar-refractivity contribution >= 4 is 11.9 Å². The lowest BCUT2D eigenvalue weighted by Crippen LogP contribution is -2.43. The van der Waals surface area contributed by atoms with Crippen LogP contribution in [0.4, 0.5) is 0 Å². The number of nitrogens with one attached hydrogen (secondary N) is 1. The fraction of sp³-hybridized carbons (Fsp3) is 0.857. The van der Waals surface area contributed by atoms with E-state index in [0.717, 1.165) is 32.5 Å². The number of likely N-dealkylation sites (tertiary alicyclic amines) is 1. The number of hydrogen-bond acceptors (Lipinski definition) is 4. The van der Waals surface area contributed by atoms with Crippen LogP contribution in [0.5, 0.6) is 0 Å². The van der Waals surface area contributed by atoms with E-state index in [9.17, 15) is 9.59 Å². The predicted octanol–water partition coefficient (Wildman–Crippen LogP) is 1.03. The molecule has 1 rings (SSSR count). The third-order valence-electron chi connectivity index (χ3n) is 3.28. The van der Waals surface area contributed by atoms with Crippen molar-refractivity contribution in [3.63, 3.8) is 0 Å². The fourth-order valence-corrected chi connectivity index (χ4v) is 2.16. The van der Waals surface area contributed by atoms with Gasteiger partial charge in [-0.15, -0.1) is 0 Å². The number of hydrogen-bond donors (Lipinski definition) is 1. The van der Waals surface area contributed by atoms with Crippen LogP contribution in [0.1, 0.15) is 33.6 Å². The SMILES string of the molecule is CCOC(=O)C1CCN(CC(=O)NCC(C)C)CC1. The monoisotopic (exact) mass is 270 g/mol. The van der Waals surface area contributed by atoms with Crippen LogP contribution >= 0.6 is 0 Å². The zero-order chi connectivity index (χ0) is 14.3. The molecule has 0 spiro atoms. The van der Waals surface area contributed by atoms with E-state index < -0.39 is 0 Å². The Kier molecular flexibility index (Phi) is 6.84. The maximum Gasteiger partial charge on any atom is 0.309 e. The maximum absolute atomic E-state index is 11.7. The highest BCUT2D eigenvalue weighted by Gasteiger charge is 2.26. The lowest BCUT2D eigenvalue weighted by molar-refractivity contribution is -0.149.